The van der Waals surface area contributed by atoms with E-state index in [0.29, 0.717) is 5.56 Å². The second-order valence-electron chi connectivity index (χ2n) is 5.30. The summed E-state index contributed by atoms with van der Waals surface area (Å²) >= 11 is 0. The molecule has 1 aromatic heterocycles. The Morgan fingerprint density at radius 1 is 1.19 bits per heavy atom. The van der Waals surface area contributed by atoms with Gasteiger partial charge in [0.2, 0.25) is 5.95 Å². The van der Waals surface area contributed by atoms with Crippen LogP contribution in [0.2, 0.25) is 0 Å². The van der Waals surface area contributed by atoms with Gasteiger partial charge in [-0.25, -0.2) is 10.4 Å². The number of hydrogen-bond acceptors (Lipinski definition) is 7. The van der Waals surface area contributed by atoms with Gasteiger partial charge < -0.3 is 0 Å². The lowest BCUT2D eigenvalue weighted by Crippen LogP contribution is -2.16. The number of nitriles is 1. The van der Waals surface area contributed by atoms with E-state index >= 15 is 0 Å². The summed E-state index contributed by atoms with van der Waals surface area (Å²) in [6.07, 6.45) is 1.25. The minimum atomic E-state index is -0.616. The molecule has 2 N–H and O–H groups in total. The van der Waals surface area contributed by atoms with Crippen LogP contribution in [0.4, 0.5) is 11.6 Å². The number of rotatable bonds is 5. The number of nitro groups is 1. The van der Waals surface area contributed by atoms with Crippen LogP contribution in [0.5, 0.6) is 0 Å². The third-order valence-electron chi connectivity index (χ3n) is 3.59. The predicted octanol–water partition coefficient (Wildman–Crippen LogP) is 2.66. The Morgan fingerprint density at radius 2 is 1.89 bits per heavy atom. The van der Waals surface area contributed by atoms with Crippen LogP contribution < -0.4 is 11.0 Å². The zero-order chi connectivity index (χ0) is 19.2. The minimum absolute atomic E-state index is 0.00712. The summed E-state index contributed by atoms with van der Waals surface area (Å²) in [5.74, 6) is 0.00712. The fraction of sp³-hybridized carbons (Fsp3) is 0. The van der Waals surface area contributed by atoms with E-state index in [9.17, 15) is 20.2 Å². The van der Waals surface area contributed by atoms with Crippen molar-refractivity contribution in [3.63, 3.8) is 0 Å². The van der Waals surface area contributed by atoms with Gasteiger partial charge in [0, 0.05) is 11.6 Å². The number of nitrogens with zero attached hydrogens (tertiary/aromatic N) is 4. The first-order valence-electron chi connectivity index (χ1n) is 7.72. The monoisotopic (exact) mass is 360 g/mol. The first-order valence-corrected chi connectivity index (χ1v) is 7.72. The Kier molecular flexibility index (Phi) is 5.00. The van der Waals surface area contributed by atoms with Crippen molar-refractivity contribution in [1.82, 2.24) is 9.97 Å². The average molecular weight is 360 g/mol. The number of nitrogens with one attached hydrogen (secondary N) is 2. The number of aromatic amines is 1. The molecule has 0 aliphatic rings. The molecule has 0 radical (unpaired) electrons. The fourth-order valence-corrected chi connectivity index (χ4v) is 2.36. The summed E-state index contributed by atoms with van der Waals surface area (Å²) in [7, 11) is 0. The summed E-state index contributed by atoms with van der Waals surface area (Å²) in [5, 5.41) is 24.1. The highest BCUT2D eigenvalue weighted by atomic mass is 16.6. The van der Waals surface area contributed by atoms with Gasteiger partial charge in [0.25, 0.3) is 11.2 Å². The third-order valence-corrected chi connectivity index (χ3v) is 3.59. The summed E-state index contributed by atoms with van der Waals surface area (Å²) < 4.78 is 0. The van der Waals surface area contributed by atoms with Crippen LogP contribution in [-0.2, 0) is 0 Å². The first-order chi connectivity index (χ1) is 13.1. The topological polar surface area (TPSA) is 137 Å². The molecule has 0 aliphatic heterocycles. The quantitative estimate of drug-likeness (QED) is 0.408. The van der Waals surface area contributed by atoms with Crippen molar-refractivity contribution in [2.45, 2.75) is 0 Å². The van der Waals surface area contributed by atoms with E-state index in [1.807, 2.05) is 6.07 Å². The second kappa shape index (κ2) is 7.71. The summed E-state index contributed by atoms with van der Waals surface area (Å²) in [6.45, 7) is 0. The van der Waals surface area contributed by atoms with E-state index in [4.69, 9.17) is 0 Å². The molecule has 9 nitrogen and oxygen atoms in total. The maximum Gasteiger partial charge on any atom is 0.278 e. The molecule has 0 unspecified atom stereocenters. The molecule has 3 rings (SSSR count). The van der Waals surface area contributed by atoms with Gasteiger partial charge in [-0.1, -0.05) is 42.5 Å². The smallest absolute Gasteiger partial charge is 0.278 e. The van der Waals surface area contributed by atoms with Gasteiger partial charge >= 0.3 is 0 Å². The molecule has 0 saturated heterocycles. The SMILES string of the molecule is N#Cc1c(-c2ccccc2)nc(NN=Cc2ccccc2[N+](=O)[O-])[nH]c1=O. The zero-order valence-corrected chi connectivity index (χ0v) is 13.8. The number of benzene rings is 2. The standard InChI is InChI=1S/C18H12N6O3/c19-10-14-16(12-6-2-1-3-7-12)21-18(22-17(14)25)23-20-11-13-8-4-5-9-15(13)24(26)27/h1-9,11H,(H2,21,22,23,25). The van der Waals surface area contributed by atoms with Gasteiger partial charge in [0.1, 0.15) is 11.6 Å². The van der Waals surface area contributed by atoms with Gasteiger partial charge in [-0.15, -0.1) is 0 Å². The molecular weight excluding hydrogens is 348 g/mol. The second-order valence-corrected chi connectivity index (χ2v) is 5.30. The molecule has 0 spiro atoms. The Morgan fingerprint density at radius 3 is 2.59 bits per heavy atom. The van der Waals surface area contributed by atoms with Gasteiger partial charge in [-0.2, -0.15) is 10.4 Å². The van der Waals surface area contributed by atoms with E-state index in [-0.39, 0.29) is 28.5 Å². The molecule has 1 heterocycles. The molecule has 132 valence electrons. The lowest BCUT2D eigenvalue weighted by Gasteiger charge is -2.05. The van der Waals surface area contributed by atoms with Gasteiger partial charge in [-0.05, 0) is 6.07 Å². The molecule has 2 aromatic carbocycles. The van der Waals surface area contributed by atoms with Crippen molar-refractivity contribution in [1.29, 1.82) is 5.26 Å². The van der Waals surface area contributed by atoms with E-state index in [1.165, 1.54) is 18.3 Å². The molecule has 9 heteroatoms. The van der Waals surface area contributed by atoms with Crippen LogP contribution in [0, 0.1) is 21.4 Å². The maximum atomic E-state index is 12.1. The third kappa shape index (κ3) is 3.85. The molecule has 0 amide bonds. The van der Waals surface area contributed by atoms with Crippen molar-refractivity contribution in [2.75, 3.05) is 5.43 Å². The van der Waals surface area contributed by atoms with Crippen LogP contribution in [0.15, 0.2) is 64.5 Å². The number of aromatic nitrogens is 2. The van der Waals surface area contributed by atoms with Crippen molar-refractivity contribution in [3.05, 3.63) is 86.2 Å². The highest BCUT2D eigenvalue weighted by Crippen LogP contribution is 2.19. The number of nitro benzene ring substituents is 1. The summed E-state index contributed by atoms with van der Waals surface area (Å²) in [4.78, 5) is 29.3. The minimum Gasteiger partial charge on any atom is -0.290 e. The molecular formula is C18H12N6O3. The number of H-pyrrole nitrogens is 1. The number of anilines is 1. The summed E-state index contributed by atoms with van der Waals surface area (Å²) in [6, 6.07) is 16.7. The van der Waals surface area contributed by atoms with Crippen molar-refractivity contribution in [2.24, 2.45) is 5.10 Å². The number of hydrogen-bond donors (Lipinski definition) is 2. The number of para-hydroxylation sites is 1. The van der Waals surface area contributed by atoms with Gasteiger partial charge in [0.15, 0.2) is 0 Å². The van der Waals surface area contributed by atoms with Crippen LogP contribution in [0.25, 0.3) is 11.3 Å². The van der Waals surface area contributed by atoms with Crippen LogP contribution in [0.1, 0.15) is 11.1 Å². The maximum absolute atomic E-state index is 12.1. The normalized spacial score (nSPS) is 10.5. The molecule has 0 atom stereocenters. The molecule has 0 bridgehead atoms. The van der Waals surface area contributed by atoms with Crippen molar-refractivity contribution in [3.8, 4) is 17.3 Å². The summed E-state index contributed by atoms with van der Waals surface area (Å²) in [5.41, 5.74) is 2.80. The van der Waals surface area contributed by atoms with Crippen molar-refractivity contribution < 1.29 is 4.92 Å². The van der Waals surface area contributed by atoms with Crippen LogP contribution in [0.3, 0.4) is 0 Å². The fourth-order valence-electron chi connectivity index (χ4n) is 2.36. The Hall–Kier alpha value is -4.32. The molecule has 0 saturated carbocycles. The van der Waals surface area contributed by atoms with Gasteiger partial charge in [-0.3, -0.25) is 19.9 Å². The van der Waals surface area contributed by atoms with E-state index in [1.54, 1.807) is 42.5 Å². The molecule has 3 aromatic rings. The molecule has 0 fully saturated rings. The van der Waals surface area contributed by atoms with E-state index in [2.05, 4.69) is 20.5 Å². The van der Waals surface area contributed by atoms with Gasteiger partial charge in [0.05, 0.1) is 22.4 Å². The average Bonchev–Trinajstić information content (AvgIpc) is 2.68. The lowest BCUT2D eigenvalue weighted by molar-refractivity contribution is -0.385. The highest BCUT2D eigenvalue weighted by molar-refractivity contribution is 5.85. The molecule has 0 aliphatic carbocycles. The predicted molar refractivity (Wildman–Crippen MR) is 99.3 cm³/mol. The zero-order valence-electron chi connectivity index (χ0n) is 13.8. The Bertz CT molecular complexity index is 1120. The Balaban J connectivity index is 1.93. The number of hydrazone groups is 1. The van der Waals surface area contributed by atoms with Crippen molar-refractivity contribution >= 4 is 17.9 Å². The highest BCUT2D eigenvalue weighted by Gasteiger charge is 2.13. The van der Waals surface area contributed by atoms with Crippen LogP contribution >= 0.6 is 0 Å². The van der Waals surface area contributed by atoms with E-state index in [0.717, 1.165) is 0 Å². The lowest BCUT2D eigenvalue weighted by atomic mass is 10.1. The Labute approximate surface area is 152 Å². The van der Waals surface area contributed by atoms with E-state index < -0.39 is 10.5 Å². The molecule has 27 heavy (non-hydrogen) atoms. The first kappa shape index (κ1) is 17.5. The largest absolute Gasteiger partial charge is 0.290 e. The van der Waals surface area contributed by atoms with Crippen LogP contribution in [-0.4, -0.2) is 21.1 Å².